The van der Waals surface area contributed by atoms with Gasteiger partial charge in [-0.2, -0.15) is 0 Å². The molecule has 0 bridgehead atoms. The quantitative estimate of drug-likeness (QED) is 0.421. The minimum absolute atomic E-state index is 0.0282. The Morgan fingerprint density at radius 3 is 2.00 bits per heavy atom. The van der Waals surface area contributed by atoms with E-state index < -0.39 is 0 Å². The molecule has 0 spiro atoms. The molecule has 1 fully saturated rings. The molecule has 2 nitrogen and oxygen atoms in total. The van der Waals surface area contributed by atoms with Gasteiger partial charge in [0.2, 0.25) is 0 Å². The van der Waals surface area contributed by atoms with Crippen LogP contribution in [-0.2, 0) is 9.53 Å². The van der Waals surface area contributed by atoms with Gasteiger partial charge < -0.3 is 4.74 Å². The van der Waals surface area contributed by atoms with Gasteiger partial charge in [-0.15, -0.1) is 0 Å². The zero-order valence-corrected chi connectivity index (χ0v) is 14.4. The first kappa shape index (κ1) is 17.5. The number of rotatable bonds is 9. The predicted octanol–water partition coefficient (Wildman–Crippen LogP) is 5.35. The summed E-state index contributed by atoms with van der Waals surface area (Å²) in [6.45, 7) is 13.0. The van der Waals surface area contributed by atoms with Crippen molar-refractivity contribution in [1.29, 1.82) is 0 Å². The van der Waals surface area contributed by atoms with Gasteiger partial charge in [0.05, 0.1) is 5.92 Å². The summed E-state index contributed by atoms with van der Waals surface area (Å²) in [6.07, 6.45) is 8.44. The average Bonchev–Trinajstić information content (AvgIpc) is 2.77. The van der Waals surface area contributed by atoms with E-state index in [0.29, 0.717) is 0 Å². The summed E-state index contributed by atoms with van der Waals surface area (Å²) in [6, 6.07) is 0. The molecule has 0 saturated heterocycles. The number of esters is 1. The summed E-state index contributed by atoms with van der Waals surface area (Å²) in [7, 11) is 0. The monoisotopic (exact) mass is 282 g/mol. The molecule has 118 valence electrons. The first-order chi connectivity index (χ1) is 9.29. The van der Waals surface area contributed by atoms with Crippen LogP contribution in [0.15, 0.2) is 0 Å². The van der Waals surface area contributed by atoms with E-state index in [-0.39, 0.29) is 28.8 Å². The second-order valence-corrected chi connectivity index (χ2v) is 7.55. The molecule has 0 amide bonds. The second-order valence-electron chi connectivity index (χ2n) is 7.55. The van der Waals surface area contributed by atoms with Gasteiger partial charge in [-0.25, -0.2) is 0 Å². The van der Waals surface area contributed by atoms with Crippen molar-refractivity contribution in [3.63, 3.8) is 0 Å². The van der Waals surface area contributed by atoms with Crippen LogP contribution >= 0.6 is 0 Å². The second kappa shape index (κ2) is 6.95. The zero-order chi connectivity index (χ0) is 15.4. The molecule has 1 rings (SSSR count). The van der Waals surface area contributed by atoms with Gasteiger partial charge in [0.15, 0.2) is 0 Å². The highest BCUT2D eigenvalue weighted by Gasteiger charge is 2.69. The number of carbonyl (C=O) groups is 1. The Balaban J connectivity index is 2.32. The Hall–Kier alpha value is -0.530. The summed E-state index contributed by atoms with van der Waals surface area (Å²) in [5.74, 6) is 0.101. The molecule has 1 unspecified atom stereocenters. The van der Waals surface area contributed by atoms with Crippen LogP contribution in [0.1, 0.15) is 86.5 Å². The lowest BCUT2D eigenvalue weighted by Gasteiger charge is -2.17. The van der Waals surface area contributed by atoms with Crippen LogP contribution in [0.2, 0.25) is 0 Å². The highest BCUT2D eigenvalue weighted by molar-refractivity contribution is 5.79. The number of hydrogen-bond acceptors (Lipinski definition) is 2. The fraction of sp³-hybridized carbons (Fsp3) is 0.944. The van der Waals surface area contributed by atoms with Crippen molar-refractivity contribution in [3.05, 3.63) is 0 Å². The van der Waals surface area contributed by atoms with Crippen LogP contribution in [0.5, 0.6) is 0 Å². The molecule has 20 heavy (non-hydrogen) atoms. The van der Waals surface area contributed by atoms with Crippen LogP contribution in [0.4, 0.5) is 0 Å². The molecular weight excluding hydrogens is 248 g/mol. The Morgan fingerprint density at radius 2 is 1.55 bits per heavy atom. The summed E-state index contributed by atoms with van der Waals surface area (Å²) in [5.41, 5.74) is 0.174. The SMILES string of the molecule is CCCCCCCC(CC)OC(=O)C1C(C)(C)C1(C)C. The molecule has 1 saturated carbocycles. The lowest BCUT2D eigenvalue weighted by Crippen LogP contribution is -2.20. The minimum Gasteiger partial charge on any atom is -0.462 e. The third-order valence-corrected chi connectivity index (χ3v) is 5.62. The maximum Gasteiger partial charge on any atom is 0.310 e. The Kier molecular flexibility index (Phi) is 6.09. The van der Waals surface area contributed by atoms with Gasteiger partial charge in [0.25, 0.3) is 0 Å². The maximum atomic E-state index is 12.3. The van der Waals surface area contributed by atoms with Gasteiger partial charge >= 0.3 is 5.97 Å². The van der Waals surface area contributed by atoms with E-state index in [0.717, 1.165) is 12.8 Å². The number of unbranched alkanes of at least 4 members (excludes halogenated alkanes) is 4. The highest BCUT2D eigenvalue weighted by atomic mass is 16.5. The Bertz CT molecular complexity index is 303. The summed E-state index contributed by atoms with van der Waals surface area (Å²) in [4.78, 5) is 12.3. The molecule has 0 aromatic heterocycles. The highest BCUT2D eigenvalue weighted by Crippen LogP contribution is 2.68. The molecule has 0 heterocycles. The lowest BCUT2D eigenvalue weighted by molar-refractivity contribution is -0.152. The van der Waals surface area contributed by atoms with Crippen molar-refractivity contribution in [2.45, 2.75) is 92.6 Å². The van der Waals surface area contributed by atoms with E-state index >= 15 is 0 Å². The molecule has 1 aliphatic carbocycles. The topological polar surface area (TPSA) is 26.3 Å². The molecule has 1 aliphatic rings. The molecule has 0 aromatic rings. The fourth-order valence-corrected chi connectivity index (χ4v) is 3.34. The zero-order valence-electron chi connectivity index (χ0n) is 14.4. The molecule has 0 N–H and O–H groups in total. The molecular formula is C18H34O2. The van der Waals surface area contributed by atoms with E-state index in [1.165, 1.54) is 32.1 Å². The Labute approximate surface area is 125 Å². The average molecular weight is 282 g/mol. The van der Waals surface area contributed by atoms with E-state index in [1.54, 1.807) is 0 Å². The molecule has 0 aromatic carbocycles. The maximum absolute atomic E-state index is 12.3. The smallest absolute Gasteiger partial charge is 0.310 e. The van der Waals surface area contributed by atoms with Crippen LogP contribution < -0.4 is 0 Å². The van der Waals surface area contributed by atoms with Gasteiger partial charge in [0.1, 0.15) is 6.10 Å². The summed E-state index contributed by atoms with van der Waals surface area (Å²) < 4.78 is 5.76. The minimum atomic E-state index is 0.0282. The number of hydrogen-bond donors (Lipinski definition) is 0. The number of ether oxygens (including phenoxy) is 1. The van der Waals surface area contributed by atoms with Crippen molar-refractivity contribution in [3.8, 4) is 0 Å². The first-order valence-electron chi connectivity index (χ1n) is 8.49. The van der Waals surface area contributed by atoms with Gasteiger partial charge in [-0.3, -0.25) is 4.79 Å². The standard InChI is InChI=1S/C18H34O2/c1-7-9-10-11-12-13-14(8-2)20-16(19)15-17(3,4)18(15,5)6/h14-15H,7-13H2,1-6H3. The Morgan fingerprint density at radius 1 is 1.00 bits per heavy atom. The van der Waals surface area contributed by atoms with Crippen LogP contribution in [0.25, 0.3) is 0 Å². The predicted molar refractivity (Wildman–Crippen MR) is 84.6 cm³/mol. The third-order valence-electron chi connectivity index (χ3n) is 5.62. The van der Waals surface area contributed by atoms with E-state index in [1.807, 2.05) is 0 Å². The first-order valence-corrected chi connectivity index (χ1v) is 8.49. The normalized spacial score (nSPS) is 21.5. The van der Waals surface area contributed by atoms with Crippen LogP contribution in [0, 0.1) is 16.7 Å². The molecule has 2 heteroatoms. The third kappa shape index (κ3) is 3.77. The fourth-order valence-electron chi connectivity index (χ4n) is 3.34. The van der Waals surface area contributed by atoms with Crippen molar-refractivity contribution in [2.24, 2.45) is 16.7 Å². The van der Waals surface area contributed by atoms with Crippen molar-refractivity contribution < 1.29 is 9.53 Å². The summed E-state index contributed by atoms with van der Waals surface area (Å²) >= 11 is 0. The number of carbonyl (C=O) groups excluding carboxylic acids is 1. The van der Waals surface area contributed by atoms with E-state index in [2.05, 4.69) is 41.5 Å². The largest absolute Gasteiger partial charge is 0.462 e. The van der Waals surface area contributed by atoms with Crippen LogP contribution in [0.3, 0.4) is 0 Å². The van der Waals surface area contributed by atoms with Crippen molar-refractivity contribution in [2.75, 3.05) is 0 Å². The molecule has 0 aliphatic heterocycles. The van der Waals surface area contributed by atoms with Crippen molar-refractivity contribution >= 4 is 5.97 Å². The van der Waals surface area contributed by atoms with E-state index in [9.17, 15) is 4.79 Å². The van der Waals surface area contributed by atoms with Gasteiger partial charge in [-0.05, 0) is 30.1 Å². The molecule has 0 radical (unpaired) electrons. The van der Waals surface area contributed by atoms with Gasteiger partial charge in [0, 0.05) is 0 Å². The van der Waals surface area contributed by atoms with Crippen molar-refractivity contribution in [1.82, 2.24) is 0 Å². The molecule has 1 atom stereocenters. The summed E-state index contributed by atoms with van der Waals surface area (Å²) in [5, 5.41) is 0. The van der Waals surface area contributed by atoms with E-state index in [4.69, 9.17) is 4.74 Å². The van der Waals surface area contributed by atoms with Crippen LogP contribution in [-0.4, -0.2) is 12.1 Å². The van der Waals surface area contributed by atoms with Gasteiger partial charge in [-0.1, -0.05) is 67.2 Å². The lowest BCUT2D eigenvalue weighted by atomic mass is 10.0.